The van der Waals surface area contributed by atoms with Gasteiger partial charge in [-0.25, -0.2) is 0 Å². The summed E-state index contributed by atoms with van der Waals surface area (Å²) in [7, 11) is 0. The lowest BCUT2D eigenvalue weighted by Crippen LogP contribution is -2.48. The summed E-state index contributed by atoms with van der Waals surface area (Å²) in [6.07, 6.45) is 3.60. The van der Waals surface area contributed by atoms with Gasteiger partial charge in [0, 0.05) is 43.3 Å². The van der Waals surface area contributed by atoms with Crippen molar-refractivity contribution in [2.45, 2.75) is 26.4 Å². The van der Waals surface area contributed by atoms with E-state index in [1.807, 2.05) is 66.0 Å². The Balaban J connectivity index is 0.00000240. The van der Waals surface area contributed by atoms with Crippen molar-refractivity contribution in [3.05, 3.63) is 82.9 Å². The molecule has 1 aromatic carbocycles. The molecule has 1 aliphatic heterocycles. The number of pyridine rings is 1. The third-order valence-corrected chi connectivity index (χ3v) is 5.18. The first kappa shape index (κ1) is 21.0. The zero-order valence-corrected chi connectivity index (χ0v) is 17.5. The number of piperazine rings is 1. The molecule has 7 heteroatoms. The van der Waals surface area contributed by atoms with Crippen molar-refractivity contribution in [2.75, 3.05) is 19.6 Å². The van der Waals surface area contributed by atoms with Gasteiger partial charge in [-0.05, 0) is 49.2 Å². The van der Waals surface area contributed by atoms with Crippen molar-refractivity contribution < 1.29 is 4.79 Å². The number of benzene rings is 1. The average Bonchev–Trinajstić information content (AvgIpc) is 3.05. The third kappa shape index (κ3) is 4.66. The zero-order valence-electron chi connectivity index (χ0n) is 16.7. The van der Waals surface area contributed by atoms with Crippen LogP contribution in [0.1, 0.15) is 38.9 Å². The molecular weight excluding hydrogens is 386 g/mol. The number of nitrogens with zero attached hydrogens (tertiary/aromatic N) is 4. The Kier molecular flexibility index (Phi) is 6.67. The van der Waals surface area contributed by atoms with Crippen molar-refractivity contribution in [3.8, 4) is 0 Å². The standard InChI is InChI=1S/C22H25N5O.ClH/c1-16-11-17(2)27(25-16)15-18-5-3-6-19(12-18)22(28)26-10-9-24-14-21(26)20-7-4-8-23-13-20;/h3-8,11-13,21,24H,9-10,14-15H2,1-2H3;1H. The van der Waals surface area contributed by atoms with E-state index in [2.05, 4.69) is 21.5 Å². The van der Waals surface area contributed by atoms with E-state index < -0.39 is 0 Å². The topological polar surface area (TPSA) is 63.1 Å². The Labute approximate surface area is 177 Å². The van der Waals surface area contributed by atoms with Crippen LogP contribution >= 0.6 is 12.4 Å². The van der Waals surface area contributed by atoms with E-state index in [1.54, 1.807) is 6.20 Å². The van der Waals surface area contributed by atoms with Crippen LogP contribution < -0.4 is 5.32 Å². The summed E-state index contributed by atoms with van der Waals surface area (Å²) in [6, 6.07) is 13.9. The largest absolute Gasteiger partial charge is 0.329 e. The van der Waals surface area contributed by atoms with Crippen LogP contribution in [-0.4, -0.2) is 45.2 Å². The second-order valence-corrected chi connectivity index (χ2v) is 7.29. The van der Waals surface area contributed by atoms with Crippen LogP contribution in [0.2, 0.25) is 0 Å². The number of carbonyl (C=O) groups excluding carboxylic acids is 1. The SMILES string of the molecule is Cc1cc(C)n(Cc2cccc(C(=O)N3CCNCC3c3cccnc3)c2)n1.Cl. The third-order valence-electron chi connectivity index (χ3n) is 5.18. The van der Waals surface area contributed by atoms with Crippen LogP contribution in [0.15, 0.2) is 54.9 Å². The predicted octanol–water partition coefficient (Wildman–Crippen LogP) is 3.15. The summed E-state index contributed by atoms with van der Waals surface area (Å²) < 4.78 is 1.97. The lowest BCUT2D eigenvalue weighted by molar-refractivity contribution is 0.0634. The minimum Gasteiger partial charge on any atom is -0.329 e. The molecule has 152 valence electrons. The summed E-state index contributed by atoms with van der Waals surface area (Å²) in [4.78, 5) is 19.5. The number of aromatic nitrogens is 3. The Morgan fingerprint density at radius 3 is 2.79 bits per heavy atom. The van der Waals surface area contributed by atoms with Crippen LogP contribution in [0.4, 0.5) is 0 Å². The van der Waals surface area contributed by atoms with Crippen molar-refractivity contribution in [1.82, 2.24) is 25.0 Å². The van der Waals surface area contributed by atoms with Crippen molar-refractivity contribution in [2.24, 2.45) is 0 Å². The fourth-order valence-corrected chi connectivity index (χ4v) is 3.79. The molecule has 1 N–H and O–H groups in total. The number of aryl methyl sites for hydroxylation is 2. The summed E-state index contributed by atoms with van der Waals surface area (Å²) in [6.45, 7) is 6.92. The van der Waals surface area contributed by atoms with Gasteiger partial charge in [-0.15, -0.1) is 12.4 Å². The van der Waals surface area contributed by atoms with Crippen LogP contribution in [0.25, 0.3) is 0 Å². The molecule has 3 heterocycles. The van der Waals surface area contributed by atoms with E-state index in [4.69, 9.17) is 0 Å². The number of amides is 1. The molecule has 1 aliphatic rings. The van der Waals surface area contributed by atoms with Crippen molar-refractivity contribution >= 4 is 18.3 Å². The number of halogens is 1. The maximum Gasteiger partial charge on any atom is 0.254 e. The molecule has 0 bridgehead atoms. The second kappa shape index (κ2) is 9.20. The molecule has 4 rings (SSSR count). The van der Waals surface area contributed by atoms with Gasteiger partial charge >= 0.3 is 0 Å². The van der Waals surface area contributed by atoms with Gasteiger partial charge in [-0.2, -0.15) is 5.10 Å². The lowest BCUT2D eigenvalue weighted by atomic mass is 10.0. The van der Waals surface area contributed by atoms with Crippen LogP contribution in [0.3, 0.4) is 0 Å². The highest BCUT2D eigenvalue weighted by molar-refractivity contribution is 5.94. The molecule has 0 radical (unpaired) electrons. The summed E-state index contributed by atoms with van der Waals surface area (Å²) in [5.41, 5.74) is 4.97. The molecule has 1 unspecified atom stereocenters. The van der Waals surface area contributed by atoms with Gasteiger partial charge in [0.15, 0.2) is 0 Å². The molecule has 1 fully saturated rings. The van der Waals surface area contributed by atoms with Gasteiger partial charge in [0.2, 0.25) is 0 Å². The molecule has 0 aliphatic carbocycles. The summed E-state index contributed by atoms with van der Waals surface area (Å²) >= 11 is 0. The van der Waals surface area contributed by atoms with E-state index in [0.29, 0.717) is 13.1 Å². The van der Waals surface area contributed by atoms with E-state index in [9.17, 15) is 4.79 Å². The average molecular weight is 412 g/mol. The van der Waals surface area contributed by atoms with Crippen molar-refractivity contribution in [3.63, 3.8) is 0 Å². The first-order valence-corrected chi connectivity index (χ1v) is 9.63. The lowest BCUT2D eigenvalue weighted by Gasteiger charge is -2.36. The highest BCUT2D eigenvalue weighted by Gasteiger charge is 2.28. The molecule has 1 atom stereocenters. The smallest absolute Gasteiger partial charge is 0.254 e. The molecule has 0 saturated carbocycles. The molecule has 2 aromatic heterocycles. The zero-order chi connectivity index (χ0) is 19.5. The first-order chi connectivity index (χ1) is 13.6. The summed E-state index contributed by atoms with van der Waals surface area (Å²) in [5.74, 6) is 0.0607. The van der Waals surface area contributed by atoms with Gasteiger partial charge in [0.05, 0.1) is 18.3 Å². The highest BCUT2D eigenvalue weighted by Crippen LogP contribution is 2.24. The number of hydrogen-bond acceptors (Lipinski definition) is 4. The Bertz CT molecular complexity index is 972. The van der Waals surface area contributed by atoms with Crippen LogP contribution in [-0.2, 0) is 6.54 Å². The summed E-state index contributed by atoms with van der Waals surface area (Å²) in [5, 5.41) is 7.92. The van der Waals surface area contributed by atoms with Gasteiger partial charge < -0.3 is 10.2 Å². The second-order valence-electron chi connectivity index (χ2n) is 7.29. The van der Waals surface area contributed by atoms with E-state index >= 15 is 0 Å². The molecule has 6 nitrogen and oxygen atoms in total. The number of rotatable bonds is 4. The van der Waals surface area contributed by atoms with Gasteiger partial charge in [0.1, 0.15) is 0 Å². The van der Waals surface area contributed by atoms with E-state index in [0.717, 1.165) is 41.2 Å². The van der Waals surface area contributed by atoms with Crippen LogP contribution in [0, 0.1) is 13.8 Å². The fraction of sp³-hybridized carbons (Fsp3) is 0.318. The molecule has 29 heavy (non-hydrogen) atoms. The monoisotopic (exact) mass is 411 g/mol. The van der Waals surface area contributed by atoms with E-state index in [1.165, 1.54) is 0 Å². The molecule has 1 saturated heterocycles. The van der Waals surface area contributed by atoms with Crippen molar-refractivity contribution in [1.29, 1.82) is 0 Å². The molecule has 1 amide bonds. The molecule has 0 spiro atoms. The Hall–Kier alpha value is -2.70. The predicted molar refractivity (Wildman–Crippen MR) is 115 cm³/mol. The normalized spacial score (nSPS) is 16.3. The molecule has 3 aromatic rings. The van der Waals surface area contributed by atoms with E-state index in [-0.39, 0.29) is 24.4 Å². The Morgan fingerprint density at radius 2 is 2.07 bits per heavy atom. The number of nitrogens with one attached hydrogen (secondary N) is 1. The maximum absolute atomic E-state index is 13.3. The maximum atomic E-state index is 13.3. The quantitative estimate of drug-likeness (QED) is 0.716. The fourth-order valence-electron chi connectivity index (χ4n) is 3.79. The number of carbonyl (C=O) groups is 1. The molecular formula is C22H26ClN5O. The minimum atomic E-state index is -0.00499. The van der Waals surface area contributed by atoms with Gasteiger partial charge in [0.25, 0.3) is 5.91 Å². The first-order valence-electron chi connectivity index (χ1n) is 9.63. The Morgan fingerprint density at radius 1 is 1.21 bits per heavy atom. The highest BCUT2D eigenvalue weighted by atomic mass is 35.5. The number of hydrogen-bond donors (Lipinski definition) is 1. The van der Waals surface area contributed by atoms with Crippen LogP contribution in [0.5, 0.6) is 0 Å². The van der Waals surface area contributed by atoms with Gasteiger partial charge in [-0.1, -0.05) is 18.2 Å². The minimum absolute atomic E-state index is 0. The van der Waals surface area contributed by atoms with Gasteiger partial charge in [-0.3, -0.25) is 14.5 Å².